The van der Waals surface area contributed by atoms with Gasteiger partial charge in [0.1, 0.15) is 5.75 Å². The van der Waals surface area contributed by atoms with Crippen molar-refractivity contribution in [1.29, 1.82) is 0 Å². The van der Waals surface area contributed by atoms with Gasteiger partial charge in [-0.1, -0.05) is 41.3 Å². The van der Waals surface area contributed by atoms with Crippen LogP contribution in [0.4, 0.5) is 18.3 Å². The number of benzene rings is 1. The maximum absolute atomic E-state index is 12.4. The van der Waals surface area contributed by atoms with Gasteiger partial charge in [0.2, 0.25) is 16.0 Å². The fourth-order valence-corrected chi connectivity index (χ4v) is 2.90. The maximum atomic E-state index is 12.4. The summed E-state index contributed by atoms with van der Waals surface area (Å²) in [4.78, 5) is 11.8. The fourth-order valence-electron chi connectivity index (χ4n) is 1.69. The molecule has 0 unspecified atom stereocenters. The third-order valence-corrected chi connectivity index (χ3v) is 4.50. The molecule has 3 aromatic rings. The van der Waals surface area contributed by atoms with Crippen molar-refractivity contribution >= 4 is 34.1 Å². The first-order valence-electron chi connectivity index (χ1n) is 7.24. The van der Waals surface area contributed by atoms with Gasteiger partial charge >= 0.3 is 6.18 Å². The average molecular weight is 417 g/mol. The van der Waals surface area contributed by atoms with Gasteiger partial charge in [-0.15, -0.1) is 20.4 Å². The van der Waals surface area contributed by atoms with Crippen LogP contribution in [0.1, 0.15) is 10.9 Å². The molecule has 142 valence electrons. The van der Waals surface area contributed by atoms with Crippen LogP contribution in [0.2, 0.25) is 0 Å². The Morgan fingerprint density at radius 2 is 1.96 bits per heavy atom. The molecule has 0 saturated carbocycles. The van der Waals surface area contributed by atoms with Gasteiger partial charge in [-0.2, -0.15) is 13.2 Å². The zero-order valence-corrected chi connectivity index (χ0v) is 14.9. The minimum Gasteiger partial charge on any atom is -0.484 e. The second-order valence-corrected chi connectivity index (χ2v) is 6.71. The van der Waals surface area contributed by atoms with Crippen molar-refractivity contribution in [2.75, 3.05) is 11.1 Å². The first kappa shape index (κ1) is 19.1. The Hall–Kier alpha value is -2.67. The number of aromatic nitrogens is 4. The Bertz CT molecular complexity index is 901. The molecule has 1 amide bonds. The number of carbonyl (C=O) groups is 1. The number of nitrogens with zero attached hydrogens (tertiary/aromatic N) is 4. The summed E-state index contributed by atoms with van der Waals surface area (Å²) in [6, 6.07) is 9.03. The van der Waals surface area contributed by atoms with Crippen molar-refractivity contribution in [2.24, 2.45) is 0 Å². The molecule has 8 nitrogen and oxygen atoms in total. The third-order valence-electron chi connectivity index (χ3n) is 2.79. The Kier molecular flexibility index (Phi) is 5.91. The van der Waals surface area contributed by atoms with Crippen LogP contribution in [-0.2, 0) is 17.6 Å². The summed E-state index contributed by atoms with van der Waals surface area (Å²) in [6.07, 6.45) is -4.60. The van der Waals surface area contributed by atoms with Crippen molar-refractivity contribution in [1.82, 2.24) is 20.4 Å². The number of alkyl halides is 3. The summed E-state index contributed by atoms with van der Waals surface area (Å²) < 4.78 is 48.1. The van der Waals surface area contributed by atoms with E-state index >= 15 is 0 Å². The zero-order chi connectivity index (χ0) is 19.3. The smallest absolute Gasteiger partial charge is 0.445 e. The number of hydrogen-bond donors (Lipinski definition) is 1. The molecule has 1 N–H and O–H groups in total. The quantitative estimate of drug-likeness (QED) is 0.585. The van der Waals surface area contributed by atoms with Crippen molar-refractivity contribution in [3.8, 4) is 5.75 Å². The first-order chi connectivity index (χ1) is 12.9. The number of para-hydroxylation sites is 1. The summed E-state index contributed by atoms with van der Waals surface area (Å²) in [5, 5.41) is 14.8. The molecule has 0 atom stereocenters. The summed E-state index contributed by atoms with van der Waals surface area (Å²) in [6.45, 7) is 0.0643. The van der Waals surface area contributed by atoms with Crippen LogP contribution in [-0.4, -0.2) is 32.1 Å². The van der Waals surface area contributed by atoms with E-state index in [4.69, 9.17) is 9.15 Å². The first-order valence-corrected chi connectivity index (χ1v) is 9.04. The third kappa shape index (κ3) is 5.65. The van der Waals surface area contributed by atoms with Crippen molar-refractivity contribution in [3.63, 3.8) is 0 Å². The topological polar surface area (TPSA) is 103 Å². The number of amides is 1. The number of anilines is 1. The van der Waals surface area contributed by atoms with Gasteiger partial charge < -0.3 is 9.15 Å². The molecule has 0 fully saturated rings. The van der Waals surface area contributed by atoms with E-state index in [0.717, 1.165) is 11.8 Å². The van der Waals surface area contributed by atoms with Crippen LogP contribution in [0.3, 0.4) is 0 Å². The van der Waals surface area contributed by atoms with E-state index < -0.39 is 17.1 Å². The number of rotatable bonds is 7. The van der Waals surface area contributed by atoms with Crippen molar-refractivity contribution in [2.45, 2.75) is 18.0 Å². The molecule has 0 bridgehead atoms. The molecular formula is C14H10F3N5O3S2. The number of carbonyl (C=O) groups excluding carboxylic acids is 1. The average Bonchev–Trinajstić information content (AvgIpc) is 3.28. The molecule has 1 aromatic carbocycles. The van der Waals surface area contributed by atoms with Gasteiger partial charge in [-0.05, 0) is 12.1 Å². The van der Waals surface area contributed by atoms with Crippen LogP contribution in [0, 0.1) is 0 Å². The second kappa shape index (κ2) is 8.35. The van der Waals surface area contributed by atoms with E-state index in [0.29, 0.717) is 5.75 Å². The molecule has 0 saturated heterocycles. The molecule has 0 aliphatic carbocycles. The maximum Gasteiger partial charge on any atom is 0.445 e. The van der Waals surface area contributed by atoms with Gasteiger partial charge in [-0.25, -0.2) is 0 Å². The van der Waals surface area contributed by atoms with Gasteiger partial charge in [0.25, 0.3) is 11.1 Å². The zero-order valence-electron chi connectivity index (χ0n) is 13.3. The number of nitrogens with one attached hydrogen (secondary N) is 1. The number of ether oxygens (including phenoxy) is 1. The lowest BCUT2D eigenvalue weighted by Crippen LogP contribution is -2.13. The summed E-state index contributed by atoms with van der Waals surface area (Å²) in [5.74, 6) is 0.132. The molecule has 13 heteroatoms. The Labute approximate surface area is 158 Å². The molecule has 0 spiro atoms. The predicted molar refractivity (Wildman–Crippen MR) is 89.3 cm³/mol. The van der Waals surface area contributed by atoms with Gasteiger partial charge in [0, 0.05) is 0 Å². The van der Waals surface area contributed by atoms with Gasteiger partial charge in [0.05, 0.1) is 5.75 Å². The van der Waals surface area contributed by atoms with Crippen LogP contribution < -0.4 is 10.1 Å². The highest BCUT2D eigenvalue weighted by Gasteiger charge is 2.35. The van der Waals surface area contributed by atoms with Crippen LogP contribution >= 0.6 is 23.1 Å². The summed E-state index contributed by atoms with van der Waals surface area (Å²) in [7, 11) is 0. The largest absolute Gasteiger partial charge is 0.484 e. The molecule has 2 aromatic heterocycles. The molecule has 2 heterocycles. The van der Waals surface area contributed by atoms with Gasteiger partial charge in [-0.3, -0.25) is 10.1 Å². The van der Waals surface area contributed by atoms with Crippen LogP contribution in [0.15, 0.2) is 40.0 Å². The van der Waals surface area contributed by atoms with E-state index in [1.807, 2.05) is 18.2 Å². The minimum atomic E-state index is -4.60. The highest BCUT2D eigenvalue weighted by atomic mass is 32.2. The Balaban J connectivity index is 1.45. The standard InChI is InChI=1S/C14H10F3N5O3S2/c15-14(16,17)11-20-21-12(27-11)18-9(23)7-26-13-22-19-10(25-13)6-24-8-4-2-1-3-5-8/h1-5H,6-7H2,(H,18,21,23). The SMILES string of the molecule is O=C(CSc1nnc(COc2ccccc2)o1)Nc1nnc(C(F)(F)F)s1. The lowest BCUT2D eigenvalue weighted by atomic mass is 10.3. The van der Waals surface area contributed by atoms with E-state index in [1.165, 1.54) is 0 Å². The number of thioether (sulfide) groups is 1. The molecule has 0 aliphatic rings. The highest BCUT2D eigenvalue weighted by Crippen LogP contribution is 2.33. The van der Waals surface area contributed by atoms with E-state index in [2.05, 4.69) is 25.7 Å². The lowest BCUT2D eigenvalue weighted by molar-refractivity contribution is -0.138. The van der Waals surface area contributed by atoms with Crippen LogP contribution in [0.5, 0.6) is 5.75 Å². The number of halogens is 3. The fraction of sp³-hybridized carbons (Fsp3) is 0.214. The lowest BCUT2D eigenvalue weighted by Gasteiger charge is -2.01. The van der Waals surface area contributed by atoms with E-state index in [9.17, 15) is 18.0 Å². The predicted octanol–water partition coefficient (Wildman–Crippen LogP) is 3.25. The normalized spacial score (nSPS) is 11.4. The van der Waals surface area contributed by atoms with Gasteiger partial charge in [0.15, 0.2) is 6.61 Å². The van der Waals surface area contributed by atoms with Crippen molar-refractivity contribution in [3.05, 3.63) is 41.2 Å². The Morgan fingerprint density at radius 3 is 2.67 bits per heavy atom. The highest BCUT2D eigenvalue weighted by molar-refractivity contribution is 7.99. The molecule has 3 rings (SSSR count). The second-order valence-electron chi connectivity index (χ2n) is 4.81. The monoisotopic (exact) mass is 417 g/mol. The molecular weight excluding hydrogens is 407 g/mol. The summed E-state index contributed by atoms with van der Waals surface area (Å²) in [5.41, 5.74) is 0. The molecule has 0 radical (unpaired) electrons. The van der Waals surface area contributed by atoms with E-state index in [-0.39, 0.29) is 39.9 Å². The van der Waals surface area contributed by atoms with Crippen LogP contribution in [0.25, 0.3) is 0 Å². The Morgan fingerprint density at radius 1 is 1.19 bits per heavy atom. The molecule has 0 aliphatic heterocycles. The summed E-state index contributed by atoms with van der Waals surface area (Å²) >= 11 is 1.17. The van der Waals surface area contributed by atoms with Crippen molar-refractivity contribution < 1.29 is 27.1 Å². The minimum absolute atomic E-state index is 0.0643. The van der Waals surface area contributed by atoms with E-state index in [1.54, 1.807) is 12.1 Å². The molecule has 27 heavy (non-hydrogen) atoms. The number of hydrogen-bond acceptors (Lipinski definition) is 9.